The molecule has 1 fully saturated rings. The van der Waals surface area contributed by atoms with E-state index in [9.17, 15) is 13.2 Å². The maximum atomic E-state index is 12.8. The number of carbonyl (C=O) groups is 1. The van der Waals surface area contributed by atoms with Gasteiger partial charge >= 0.3 is 0 Å². The Morgan fingerprint density at radius 3 is 2.29 bits per heavy atom. The minimum absolute atomic E-state index is 0.160. The third-order valence-corrected chi connectivity index (χ3v) is 6.25. The van der Waals surface area contributed by atoms with E-state index in [0.29, 0.717) is 37.0 Å². The summed E-state index contributed by atoms with van der Waals surface area (Å²) in [6, 6.07) is 6.25. The summed E-state index contributed by atoms with van der Waals surface area (Å²) >= 11 is 0. The van der Waals surface area contributed by atoms with Crippen LogP contribution in [0.5, 0.6) is 0 Å². The van der Waals surface area contributed by atoms with Crippen LogP contribution >= 0.6 is 0 Å². The number of piperidine rings is 1. The van der Waals surface area contributed by atoms with Crippen LogP contribution in [0.15, 0.2) is 29.2 Å². The quantitative estimate of drug-likeness (QED) is 0.801. The Morgan fingerprint density at radius 1 is 1.17 bits per heavy atom. The summed E-state index contributed by atoms with van der Waals surface area (Å²) < 4.78 is 27.2. The molecule has 1 N–H and O–H groups in total. The Balaban J connectivity index is 2.10. The van der Waals surface area contributed by atoms with Crippen molar-refractivity contribution in [2.45, 2.75) is 44.9 Å². The first-order valence-corrected chi connectivity index (χ1v) is 10.2. The molecule has 0 spiro atoms. The molecule has 2 atom stereocenters. The predicted molar refractivity (Wildman–Crippen MR) is 95.4 cm³/mol. The van der Waals surface area contributed by atoms with Crippen LogP contribution in [0.2, 0.25) is 0 Å². The van der Waals surface area contributed by atoms with Gasteiger partial charge in [-0.15, -0.1) is 0 Å². The molecule has 6 heteroatoms. The highest BCUT2D eigenvalue weighted by Gasteiger charge is 2.31. The molecule has 1 aromatic carbocycles. The molecule has 0 bridgehead atoms. The van der Waals surface area contributed by atoms with Gasteiger partial charge in [0.1, 0.15) is 0 Å². The van der Waals surface area contributed by atoms with Crippen LogP contribution in [0.25, 0.3) is 0 Å². The third-order valence-electron chi connectivity index (χ3n) is 4.41. The number of amides is 1. The van der Waals surface area contributed by atoms with Gasteiger partial charge in [-0.1, -0.05) is 27.2 Å². The van der Waals surface area contributed by atoms with E-state index in [1.54, 1.807) is 16.4 Å². The van der Waals surface area contributed by atoms with Crippen molar-refractivity contribution in [1.29, 1.82) is 0 Å². The molecule has 0 saturated carbocycles. The number of sulfonamides is 1. The van der Waals surface area contributed by atoms with E-state index in [2.05, 4.69) is 26.1 Å². The van der Waals surface area contributed by atoms with Gasteiger partial charge < -0.3 is 5.32 Å². The SMILES string of the molecule is CCCCNC(=O)c1ccc(S(=O)(=O)N2C[C@H](C)C[C@@H](C)C2)cc1. The van der Waals surface area contributed by atoms with E-state index < -0.39 is 10.0 Å². The molecule has 5 nitrogen and oxygen atoms in total. The monoisotopic (exact) mass is 352 g/mol. The van der Waals surface area contributed by atoms with Gasteiger partial charge in [-0.3, -0.25) is 4.79 Å². The standard InChI is InChI=1S/C18H28N2O3S/c1-4-5-10-19-18(21)16-6-8-17(9-7-16)24(22,23)20-12-14(2)11-15(3)13-20/h6-9,14-15H,4-5,10-13H2,1-3H3,(H,19,21)/t14-,15-/m1/s1. The van der Waals surface area contributed by atoms with Crippen LogP contribution < -0.4 is 5.32 Å². The Bertz CT molecular complexity index is 645. The highest BCUT2D eigenvalue weighted by Crippen LogP contribution is 2.26. The fourth-order valence-corrected chi connectivity index (χ4v) is 4.89. The number of nitrogens with one attached hydrogen (secondary N) is 1. The van der Waals surface area contributed by atoms with Crippen molar-refractivity contribution < 1.29 is 13.2 Å². The molecule has 0 aromatic heterocycles. The molecule has 24 heavy (non-hydrogen) atoms. The van der Waals surface area contributed by atoms with E-state index in [1.165, 1.54) is 12.1 Å². The molecule has 1 aromatic rings. The van der Waals surface area contributed by atoms with Crippen LogP contribution in [0.3, 0.4) is 0 Å². The fraction of sp³-hybridized carbons (Fsp3) is 0.611. The number of hydrogen-bond acceptors (Lipinski definition) is 3. The third kappa shape index (κ3) is 4.57. The number of nitrogens with zero attached hydrogens (tertiary/aromatic N) is 1. The van der Waals surface area contributed by atoms with Gasteiger partial charge in [-0.25, -0.2) is 8.42 Å². The summed E-state index contributed by atoms with van der Waals surface area (Å²) in [7, 11) is -3.49. The Morgan fingerprint density at radius 2 is 1.75 bits per heavy atom. The maximum Gasteiger partial charge on any atom is 0.251 e. The van der Waals surface area contributed by atoms with Gasteiger partial charge in [0, 0.05) is 25.2 Å². The fourth-order valence-electron chi connectivity index (χ4n) is 3.21. The van der Waals surface area contributed by atoms with Gasteiger partial charge in [-0.2, -0.15) is 4.31 Å². The van der Waals surface area contributed by atoms with Crippen molar-refractivity contribution in [1.82, 2.24) is 9.62 Å². The Kier molecular flexibility index (Phi) is 6.40. The normalized spacial score (nSPS) is 22.3. The number of benzene rings is 1. The Labute approximate surface area is 145 Å². The van der Waals surface area contributed by atoms with E-state index in [-0.39, 0.29) is 10.8 Å². The lowest BCUT2D eigenvalue weighted by atomic mass is 9.94. The molecule has 1 saturated heterocycles. The molecule has 1 heterocycles. The first kappa shape index (κ1) is 18.9. The summed E-state index contributed by atoms with van der Waals surface area (Å²) in [6.07, 6.45) is 3.01. The highest BCUT2D eigenvalue weighted by molar-refractivity contribution is 7.89. The second kappa shape index (κ2) is 8.12. The first-order chi connectivity index (χ1) is 11.3. The lowest BCUT2D eigenvalue weighted by molar-refractivity contribution is 0.0953. The van der Waals surface area contributed by atoms with Crippen LogP contribution in [0.4, 0.5) is 0 Å². The van der Waals surface area contributed by atoms with E-state index in [4.69, 9.17) is 0 Å². The smallest absolute Gasteiger partial charge is 0.251 e. The number of carbonyl (C=O) groups excluding carboxylic acids is 1. The molecular formula is C18H28N2O3S. The molecule has 134 valence electrons. The molecule has 0 aliphatic carbocycles. The van der Waals surface area contributed by atoms with Gasteiger partial charge in [-0.05, 0) is 48.9 Å². The molecule has 1 aliphatic rings. The van der Waals surface area contributed by atoms with Crippen LogP contribution in [0.1, 0.15) is 50.4 Å². The first-order valence-electron chi connectivity index (χ1n) is 8.73. The summed E-state index contributed by atoms with van der Waals surface area (Å²) in [6.45, 7) is 7.99. The maximum absolute atomic E-state index is 12.8. The number of rotatable bonds is 6. The van der Waals surface area contributed by atoms with Gasteiger partial charge in [0.2, 0.25) is 10.0 Å². The van der Waals surface area contributed by atoms with E-state index in [0.717, 1.165) is 19.3 Å². The van der Waals surface area contributed by atoms with E-state index in [1.807, 2.05) is 0 Å². The van der Waals surface area contributed by atoms with Crippen molar-refractivity contribution in [3.8, 4) is 0 Å². The minimum atomic E-state index is -3.49. The van der Waals surface area contributed by atoms with Gasteiger partial charge in [0.05, 0.1) is 4.90 Å². The summed E-state index contributed by atoms with van der Waals surface area (Å²) in [5.41, 5.74) is 0.491. The molecule has 0 radical (unpaired) electrons. The summed E-state index contributed by atoms with van der Waals surface area (Å²) in [5.74, 6) is 0.576. The molecule has 2 rings (SSSR count). The zero-order valence-electron chi connectivity index (χ0n) is 14.8. The topological polar surface area (TPSA) is 66.5 Å². The van der Waals surface area contributed by atoms with Crippen molar-refractivity contribution >= 4 is 15.9 Å². The predicted octanol–water partition coefficient (Wildman–Crippen LogP) is 2.88. The largest absolute Gasteiger partial charge is 0.352 e. The van der Waals surface area contributed by atoms with Crippen molar-refractivity contribution in [2.75, 3.05) is 19.6 Å². The lowest BCUT2D eigenvalue weighted by Gasteiger charge is -2.34. The summed E-state index contributed by atoms with van der Waals surface area (Å²) in [4.78, 5) is 12.3. The molecule has 1 aliphatic heterocycles. The molecule has 0 unspecified atom stereocenters. The summed E-state index contributed by atoms with van der Waals surface area (Å²) in [5, 5.41) is 2.83. The highest BCUT2D eigenvalue weighted by atomic mass is 32.2. The minimum Gasteiger partial charge on any atom is -0.352 e. The van der Waals surface area contributed by atoms with Crippen molar-refractivity contribution in [3.05, 3.63) is 29.8 Å². The average Bonchev–Trinajstić information content (AvgIpc) is 2.54. The zero-order chi connectivity index (χ0) is 17.7. The Hall–Kier alpha value is -1.40. The van der Waals surface area contributed by atoms with Crippen LogP contribution in [0, 0.1) is 11.8 Å². The zero-order valence-corrected chi connectivity index (χ0v) is 15.6. The number of hydrogen-bond donors (Lipinski definition) is 1. The van der Waals surface area contributed by atoms with Gasteiger partial charge in [0.25, 0.3) is 5.91 Å². The lowest BCUT2D eigenvalue weighted by Crippen LogP contribution is -2.42. The number of unbranched alkanes of at least 4 members (excludes halogenated alkanes) is 1. The van der Waals surface area contributed by atoms with Crippen LogP contribution in [-0.2, 0) is 10.0 Å². The second-order valence-corrected chi connectivity index (χ2v) is 8.84. The van der Waals surface area contributed by atoms with Crippen molar-refractivity contribution in [3.63, 3.8) is 0 Å². The molecule has 1 amide bonds. The van der Waals surface area contributed by atoms with Crippen molar-refractivity contribution in [2.24, 2.45) is 11.8 Å². The van der Waals surface area contributed by atoms with E-state index >= 15 is 0 Å². The van der Waals surface area contributed by atoms with Crippen LogP contribution in [-0.4, -0.2) is 38.3 Å². The average molecular weight is 353 g/mol. The van der Waals surface area contributed by atoms with Gasteiger partial charge in [0.15, 0.2) is 0 Å². The molecular weight excluding hydrogens is 324 g/mol. The second-order valence-electron chi connectivity index (χ2n) is 6.90.